The Morgan fingerprint density at radius 2 is 1.61 bits per heavy atom. The van der Waals surface area contributed by atoms with Crippen molar-refractivity contribution in [3.63, 3.8) is 0 Å². The minimum atomic E-state index is -1.32. The summed E-state index contributed by atoms with van der Waals surface area (Å²) >= 11 is 0. The fourth-order valence-corrected chi connectivity index (χ4v) is 1.71. The predicted octanol–water partition coefficient (Wildman–Crippen LogP) is 1.82. The Morgan fingerprint density at radius 3 is 2.33 bits per heavy atom. The first-order valence-corrected chi connectivity index (χ1v) is 5.86. The van der Waals surface area contributed by atoms with Crippen LogP contribution in [0.5, 0.6) is 5.75 Å². The van der Waals surface area contributed by atoms with Gasteiger partial charge in [0.15, 0.2) is 0 Å². The third-order valence-electron chi connectivity index (χ3n) is 2.57. The maximum absolute atomic E-state index is 8.92. The van der Waals surface area contributed by atoms with Gasteiger partial charge >= 0.3 is 7.12 Å². The predicted molar refractivity (Wildman–Crippen MR) is 71.1 cm³/mol. The molecule has 0 radical (unpaired) electrons. The van der Waals surface area contributed by atoms with Crippen molar-refractivity contribution in [1.82, 2.24) is 0 Å². The normalized spacial score (nSPS) is 10.1. The fourth-order valence-electron chi connectivity index (χ4n) is 1.71. The minimum Gasteiger partial charge on any atom is -0.489 e. The summed E-state index contributed by atoms with van der Waals surface area (Å²) in [6.07, 6.45) is 0.211. The molecule has 0 fully saturated rings. The Morgan fingerprint density at radius 1 is 0.889 bits per heavy atom. The molecule has 4 heteroatoms. The van der Waals surface area contributed by atoms with Gasteiger partial charge in [0.25, 0.3) is 0 Å². The smallest absolute Gasteiger partial charge is 0.456 e. The van der Waals surface area contributed by atoms with E-state index in [1.807, 2.05) is 54.6 Å². The van der Waals surface area contributed by atoms with Crippen LogP contribution in [0.25, 0.3) is 0 Å². The van der Waals surface area contributed by atoms with Crippen molar-refractivity contribution in [2.75, 3.05) is 0 Å². The van der Waals surface area contributed by atoms with Crippen molar-refractivity contribution in [3.8, 4) is 5.75 Å². The van der Waals surface area contributed by atoms with Gasteiger partial charge in [-0.1, -0.05) is 42.5 Å². The highest BCUT2D eigenvalue weighted by molar-refractivity contribution is 6.40. The molecule has 0 bridgehead atoms. The van der Waals surface area contributed by atoms with E-state index in [0.29, 0.717) is 6.61 Å². The molecule has 0 saturated heterocycles. The van der Waals surface area contributed by atoms with E-state index in [-0.39, 0.29) is 6.32 Å². The van der Waals surface area contributed by atoms with Gasteiger partial charge in [0.2, 0.25) is 0 Å². The molecule has 2 aromatic rings. The van der Waals surface area contributed by atoms with Crippen LogP contribution in [0.4, 0.5) is 0 Å². The van der Waals surface area contributed by atoms with Crippen LogP contribution < -0.4 is 4.74 Å². The van der Waals surface area contributed by atoms with Crippen LogP contribution in [0.15, 0.2) is 54.6 Å². The van der Waals surface area contributed by atoms with Crippen LogP contribution in [0, 0.1) is 0 Å². The lowest BCUT2D eigenvalue weighted by Gasteiger charge is -2.08. The zero-order valence-electron chi connectivity index (χ0n) is 9.99. The second kappa shape index (κ2) is 6.24. The Kier molecular flexibility index (Phi) is 4.39. The molecule has 0 amide bonds. The summed E-state index contributed by atoms with van der Waals surface area (Å²) in [5.41, 5.74) is 1.95. The van der Waals surface area contributed by atoms with E-state index in [2.05, 4.69) is 0 Å². The Balaban J connectivity index is 1.97. The molecule has 0 unspecified atom stereocenters. The lowest BCUT2D eigenvalue weighted by Crippen LogP contribution is -2.15. The monoisotopic (exact) mass is 242 g/mol. The molecule has 2 rings (SSSR count). The maximum Gasteiger partial charge on any atom is 0.456 e. The number of hydrogen-bond donors (Lipinski definition) is 2. The van der Waals surface area contributed by atoms with Crippen LogP contribution in [-0.2, 0) is 12.9 Å². The van der Waals surface area contributed by atoms with Gasteiger partial charge in [-0.2, -0.15) is 0 Å². The Bertz CT molecular complexity index is 485. The van der Waals surface area contributed by atoms with Gasteiger partial charge in [-0.3, -0.25) is 0 Å². The summed E-state index contributed by atoms with van der Waals surface area (Å²) in [5.74, 6) is 0.733. The summed E-state index contributed by atoms with van der Waals surface area (Å²) in [4.78, 5) is 0. The number of hydrogen-bond acceptors (Lipinski definition) is 3. The first kappa shape index (κ1) is 12.7. The van der Waals surface area contributed by atoms with Crippen LogP contribution in [0.1, 0.15) is 11.1 Å². The summed E-state index contributed by atoms with van der Waals surface area (Å²) in [6.45, 7) is 0.506. The topological polar surface area (TPSA) is 49.7 Å². The maximum atomic E-state index is 8.92. The zero-order valence-corrected chi connectivity index (χ0v) is 9.99. The van der Waals surface area contributed by atoms with E-state index >= 15 is 0 Å². The number of rotatable bonds is 5. The lowest BCUT2D eigenvalue weighted by molar-refractivity contribution is 0.306. The van der Waals surface area contributed by atoms with E-state index in [1.165, 1.54) is 0 Å². The summed E-state index contributed by atoms with van der Waals surface area (Å²) in [7, 11) is -1.32. The molecule has 0 heterocycles. The van der Waals surface area contributed by atoms with E-state index in [9.17, 15) is 0 Å². The molecule has 3 nitrogen and oxygen atoms in total. The van der Waals surface area contributed by atoms with E-state index in [4.69, 9.17) is 14.8 Å². The lowest BCUT2D eigenvalue weighted by atomic mass is 9.82. The van der Waals surface area contributed by atoms with Crippen molar-refractivity contribution in [1.29, 1.82) is 0 Å². The molecule has 0 aliphatic heterocycles. The number of ether oxygens (including phenoxy) is 1. The molecule has 2 N–H and O–H groups in total. The highest BCUT2D eigenvalue weighted by atomic mass is 16.5. The molecule has 2 aromatic carbocycles. The van der Waals surface area contributed by atoms with Gasteiger partial charge in [0.1, 0.15) is 12.4 Å². The molecule has 0 saturated carbocycles. The van der Waals surface area contributed by atoms with E-state index < -0.39 is 7.12 Å². The van der Waals surface area contributed by atoms with Crippen LogP contribution in [-0.4, -0.2) is 17.2 Å². The van der Waals surface area contributed by atoms with Crippen molar-refractivity contribution in [3.05, 3.63) is 65.7 Å². The summed E-state index contributed by atoms with van der Waals surface area (Å²) in [6, 6.07) is 17.3. The molecule has 18 heavy (non-hydrogen) atoms. The summed E-state index contributed by atoms with van der Waals surface area (Å²) < 4.78 is 5.65. The van der Waals surface area contributed by atoms with Gasteiger partial charge in [0, 0.05) is 6.32 Å². The van der Waals surface area contributed by atoms with Crippen LogP contribution in [0.2, 0.25) is 0 Å². The quantitative estimate of drug-likeness (QED) is 0.786. The average Bonchev–Trinajstić information content (AvgIpc) is 2.37. The minimum absolute atomic E-state index is 0.211. The average molecular weight is 242 g/mol. The van der Waals surface area contributed by atoms with Crippen molar-refractivity contribution in [2.45, 2.75) is 12.9 Å². The first-order valence-electron chi connectivity index (χ1n) is 5.86. The second-order valence-electron chi connectivity index (χ2n) is 4.11. The van der Waals surface area contributed by atoms with Crippen molar-refractivity contribution in [2.24, 2.45) is 0 Å². The Hall–Kier alpha value is -1.78. The third-order valence-corrected chi connectivity index (χ3v) is 2.57. The molecular weight excluding hydrogens is 227 g/mol. The van der Waals surface area contributed by atoms with Gasteiger partial charge in [-0.05, 0) is 23.3 Å². The standard InChI is InChI=1S/C14H15BO3/c16-15(17)10-13-7-4-8-14(9-13)18-11-12-5-2-1-3-6-12/h1-9,16-17H,10-11H2. The highest BCUT2D eigenvalue weighted by Crippen LogP contribution is 2.15. The molecular formula is C14H15BO3. The largest absolute Gasteiger partial charge is 0.489 e. The first-order chi connectivity index (χ1) is 8.74. The molecule has 0 aliphatic rings. The van der Waals surface area contributed by atoms with Gasteiger partial charge in [0.05, 0.1) is 0 Å². The second-order valence-corrected chi connectivity index (χ2v) is 4.11. The fraction of sp³-hybridized carbons (Fsp3) is 0.143. The molecule has 0 aliphatic carbocycles. The summed E-state index contributed by atoms with van der Waals surface area (Å²) in [5, 5.41) is 17.8. The zero-order chi connectivity index (χ0) is 12.8. The van der Waals surface area contributed by atoms with Crippen molar-refractivity contribution < 1.29 is 14.8 Å². The SMILES string of the molecule is OB(O)Cc1cccc(OCc2ccccc2)c1. The van der Waals surface area contributed by atoms with Crippen LogP contribution in [0.3, 0.4) is 0 Å². The van der Waals surface area contributed by atoms with Crippen LogP contribution >= 0.6 is 0 Å². The van der Waals surface area contributed by atoms with E-state index in [0.717, 1.165) is 16.9 Å². The molecule has 92 valence electrons. The molecule has 0 atom stereocenters. The molecule has 0 aromatic heterocycles. The molecule has 0 spiro atoms. The van der Waals surface area contributed by atoms with Gasteiger partial charge in [-0.15, -0.1) is 0 Å². The highest BCUT2D eigenvalue weighted by Gasteiger charge is 2.08. The van der Waals surface area contributed by atoms with Gasteiger partial charge < -0.3 is 14.8 Å². The van der Waals surface area contributed by atoms with Gasteiger partial charge in [-0.25, -0.2) is 0 Å². The van der Waals surface area contributed by atoms with Crippen molar-refractivity contribution >= 4 is 7.12 Å². The Labute approximate surface area is 107 Å². The number of benzene rings is 2. The third kappa shape index (κ3) is 3.91. The van der Waals surface area contributed by atoms with E-state index in [1.54, 1.807) is 0 Å².